The number of carbonyl (C=O) groups is 1. The Kier molecular flexibility index (Phi) is 5.56. The molecule has 1 fully saturated rings. The molecule has 0 saturated carbocycles. The number of nitrogens with one attached hydrogen (secondary N) is 2. The first kappa shape index (κ1) is 22.9. The lowest BCUT2D eigenvalue weighted by Gasteiger charge is -2.14. The Morgan fingerprint density at radius 3 is 2.74 bits per heavy atom. The second-order valence-electron chi connectivity index (χ2n) is 9.62. The lowest BCUT2D eigenvalue weighted by molar-refractivity contribution is 0.102. The molecule has 1 saturated heterocycles. The third-order valence-electron chi connectivity index (χ3n) is 6.98. The molecule has 0 aliphatic carbocycles. The summed E-state index contributed by atoms with van der Waals surface area (Å²) in [6.07, 6.45) is 9.96. The summed E-state index contributed by atoms with van der Waals surface area (Å²) in [5.41, 5.74) is 6.88. The number of ketones is 1. The van der Waals surface area contributed by atoms with E-state index in [1.54, 1.807) is 13.1 Å². The van der Waals surface area contributed by atoms with Gasteiger partial charge in [-0.25, -0.2) is 15.0 Å². The van der Waals surface area contributed by atoms with Gasteiger partial charge in [-0.05, 0) is 68.8 Å². The van der Waals surface area contributed by atoms with Gasteiger partial charge in [0.05, 0.1) is 10.3 Å². The zero-order chi connectivity index (χ0) is 25.6. The molecule has 1 aliphatic heterocycles. The summed E-state index contributed by atoms with van der Waals surface area (Å²) in [7, 11) is 0. The smallest absolute Gasteiger partial charge is 0.169 e. The highest BCUT2D eigenvalue weighted by Gasteiger charge is 2.18. The Labute approximate surface area is 222 Å². The Morgan fingerprint density at radius 1 is 1.03 bits per heavy atom. The molecule has 188 valence electrons. The number of thiophene rings is 1. The van der Waals surface area contributed by atoms with Crippen LogP contribution in [-0.4, -0.2) is 58.9 Å². The number of imidazole rings is 1. The molecule has 10 heteroatoms. The molecule has 0 unspecified atom stereocenters. The molecule has 7 heterocycles. The normalized spacial score (nSPS) is 14.1. The quantitative estimate of drug-likeness (QED) is 0.279. The molecule has 1 aliphatic rings. The topological polar surface area (TPSA) is 116 Å². The summed E-state index contributed by atoms with van der Waals surface area (Å²) in [6.45, 7) is 4.79. The molecule has 7 rings (SSSR count). The fraction of sp³-hybridized carbons (Fsp3) is 0.214. The van der Waals surface area contributed by atoms with Gasteiger partial charge < -0.3 is 4.98 Å². The average Bonchev–Trinajstić information content (AvgIpc) is 3.74. The molecule has 0 aromatic carbocycles. The predicted octanol–water partition coefficient (Wildman–Crippen LogP) is 5.49. The van der Waals surface area contributed by atoms with Gasteiger partial charge in [-0.3, -0.25) is 19.8 Å². The molecule has 0 atom stereocenters. The highest BCUT2D eigenvalue weighted by Crippen LogP contribution is 2.35. The number of rotatable bonds is 6. The summed E-state index contributed by atoms with van der Waals surface area (Å²) >= 11 is 1.46. The van der Waals surface area contributed by atoms with E-state index in [0.717, 1.165) is 57.0 Å². The van der Waals surface area contributed by atoms with Crippen LogP contribution in [0.25, 0.3) is 55.3 Å². The van der Waals surface area contributed by atoms with E-state index in [4.69, 9.17) is 4.98 Å². The summed E-state index contributed by atoms with van der Waals surface area (Å²) in [4.78, 5) is 37.8. The second-order valence-corrected chi connectivity index (χ2v) is 10.7. The van der Waals surface area contributed by atoms with Crippen LogP contribution in [0.3, 0.4) is 0 Å². The highest BCUT2D eigenvalue weighted by atomic mass is 32.1. The number of hydrogen-bond acceptors (Lipinski definition) is 8. The number of aromatic nitrogens is 7. The number of nitrogens with zero attached hydrogens (tertiary/aromatic N) is 6. The summed E-state index contributed by atoms with van der Waals surface area (Å²) < 4.78 is 0. The molecule has 9 nitrogen and oxygen atoms in total. The van der Waals surface area contributed by atoms with Crippen molar-refractivity contribution >= 4 is 39.3 Å². The van der Waals surface area contributed by atoms with E-state index >= 15 is 0 Å². The molecular formula is C28H24N8OS. The van der Waals surface area contributed by atoms with Crippen molar-refractivity contribution in [3.8, 4) is 33.1 Å². The third-order valence-corrected chi connectivity index (χ3v) is 8.20. The molecule has 6 aromatic rings. The van der Waals surface area contributed by atoms with E-state index in [0.29, 0.717) is 22.8 Å². The second kappa shape index (κ2) is 9.23. The van der Waals surface area contributed by atoms with Crippen molar-refractivity contribution in [3.05, 3.63) is 65.6 Å². The zero-order valence-corrected chi connectivity index (χ0v) is 21.5. The first-order valence-electron chi connectivity index (χ1n) is 12.6. The number of Topliss-reactive ketones (excluding diaryl/α,β-unsaturated/α-hetero) is 1. The molecular weight excluding hydrogens is 496 g/mol. The lowest BCUT2D eigenvalue weighted by Crippen LogP contribution is -2.18. The van der Waals surface area contributed by atoms with Gasteiger partial charge >= 0.3 is 0 Å². The number of carbonyl (C=O) groups excluding carboxylic acids is 1. The minimum absolute atomic E-state index is 0.0531. The van der Waals surface area contributed by atoms with Crippen molar-refractivity contribution in [1.82, 2.24) is 40.0 Å². The molecule has 38 heavy (non-hydrogen) atoms. The molecule has 0 radical (unpaired) electrons. The maximum Gasteiger partial charge on any atom is 0.169 e. The maximum absolute atomic E-state index is 11.8. The molecule has 2 N–H and O–H groups in total. The SMILES string of the molecule is CC(=O)c1ccc(-c2ccnc3[nH]c(-c4n[nH]c5ncc(-c6cncc(CN7CCCC7)c6)cc45)nc23)s1. The van der Waals surface area contributed by atoms with Gasteiger partial charge in [0.2, 0.25) is 0 Å². The van der Waals surface area contributed by atoms with Crippen LogP contribution in [0.2, 0.25) is 0 Å². The van der Waals surface area contributed by atoms with Crippen LogP contribution in [0.4, 0.5) is 0 Å². The summed E-state index contributed by atoms with van der Waals surface area (Å²) in [5, 5.41) is 8.43. The Morgan fingerprint density at radius 2 is 1.89 bits per heavy atom. The van der Waals surface area contributed by atoms with E-state index in [1.165, 1.54) is 29.7 Å². The van der Waals surface area contributed by atoms with Crippen molar-refractivity contribution in [2.45, 2.75) is 26.3 Å². The van der Waals surface area contributed by atoms with Gasteiger partial charge in [0.25, 0.3) is 0 Å². The molecule has 6 aromatic heterocycles. The van der Waals surface area contributed by atoms with Crippen LogP contribution in [-0.2, 0) is 6.54 Å². The van der Waals surface area contributed by atoms with E-state index in [2.05, 4.69) is 47.2 Å². The predicted molar refractivity (Wildman–Crippen MR) is 148 cm³/mol. The van der Waals surface area contributed by atoms with Gasteiger partial charge in [-0.2, -0.15) is 5.10 Å². The maximum atomic E-state index is 11.8. The van der Waals surface area contributed by atoms with Crippen LogP contribution in [0.5, 0.6) is 0 Å². The number of pyridine rings is 3. The number of fused-ring (bicyclic) bond motifs is 2. The number of likely N-dealkylation sites (tertiary alicyclic amines) is 1. The summed E-state index contributed by atoms with van der Waals surface area (Å²) in [6, 6.07) is 10.0. The van der Waals surface area contributed by atoms with Crippen molar-refractivity contribution in [1.29, 1.82) is 0 Å². The van der Waals surface area contributed by atoms with E-state index in [9.17, 15) is 4.79 Å². The van der Waals surface area contributed by atoms with Crippen molar-refractivity contribution in [3.63, 3.8) is 0 Å². The van der Waals surface area contributed by atoms with Crippen LogP contribution >= 0.6 is 11.3 Å². The largest absolute Gasteiger partial charge is 0.321 e. The Bertz CT molecular complexity index is 1810. The fourth-order valence-electron chi connectivity index (χ4n) is 5.07. The first-order valence-corrected chi connectivity index (χ1v) is 13.4. The average molecular weight is 521 g/mol. The number of aromatic amines is 2. The molecule has 0 spiro atoms. The monoisotopic (exact) mass is 520 g/mol. The zero-order valence-electron chi connectivity index (χ0n) is 20.7. The lowest BCUT2D eigenvalue weighted by atomic mass is 10.1. The summed E-state index contributed by atoms with van der Waals surface area (Å²) in [5.74, 6) is 0.659. The Hall–Kier alpha value is -4.28. The van der Waals surface area contributed by atoms with Crippen LogP contribution in [0, 0.1) is 0 Å². The van der Waals surface area contributed by atoms with Crippen LogP contribution in [0.15, 0.2) is 55.1 Å². The minimum Gasteiger partial charge on any atom is -0.321 e. The van der Waals surface area contributed by atoms with Crippen molar-refractivity contribution < 1.29 is 4.79 Å². The van der Waals surface area contributed by atoms with Gasteiger partial charge in [-0.15, -0.1) is 11.3 Å². The van der Waals surface area contributed by atoms with Crippen molar-refractivity contribution in [2.75, 3.05) is 13.1 Å². The van der Waals surface area contributed by atoms with E-state index in [1.807, 2.05) is 36.8 Å². The number of H-pyrrole nitrogens is 2. The fourth-order valence-corrected chi connectivity index (χ4v) is 5.99. The number of hydrogen-bond donors (Lipinski definition) is 2. The Balaban J connectivity index is 1.27. The van der Waals surface area contributed by atoms with Gasteiger partial charge in [0.15, 0.2) is 22.9 Å². The highest BCUT2D eigenvalue weighted by molar-refractivity contribution is 7.17. The van der Waals surface area contributed by atoms with E-state index < -0.39 is 0 Å². The van der Waals surface area contributed by atoms with E-state index in [-0.39, 0.29) is 5.78 Å². The standard InChI is InChI=1S/C28H24N8OS/c1-16(37)22-4-5-23(38-22)20-6-7-30-27-24(20)32-28(33-27)25-21-11-19(14-31-26(21)35-34-25)18-10-17(12-29-13-18)15-36-8-2-3-9-36/h4-7,10-14H,2-3,8-9,15H2,1H3,(H,30,32,33)(H,31,34,35). The first-order chi connectivity index (χ1) is 18.6. The minimum atomic E-state index is 0.0531. The van der Waals surface area contributed by atoms with Gasteiger partial charge in [0.1, 0.15) is 11.2 Å². The molecule has 0 amide bonds. The van der Waals surface area contributed by atoms with Gasteiger partial charge in [0, 0.05) is 52.9 Å². The van der Waals surface area contributed by atoms with Crippen LogP contribution in [0.1, 0.15) is 35.0 Å². The van der Waals surface area contributed by atoms with Crippen molar-refractivity contribution in [2.24, 2.45) is 0 Å². The van der Waals surface area contributed by atoms with Crippen LogP contribution < -0.4 is 0 Å². The molecule has 0 bridgehead atoms. The third kappa shape index (κ3) is 4.07. The van der Waals surface area contributed by atoms with Gasteiger partial charge in [-0.1, -0.05) is 0 Å².